The molecule has 0 spiro atoms. The summed E-state index contributed by atoms with van der Waals surface area (Å²) in [4.78, 5) is 0. The molecule has 106 valence electrons. The minimum Gasteiger partial charge on any atom is -0.492 e. The SMILES string of the molecule is CCNC(COc1ccc(Cl)cc1)c1ccccc1F. The fourth-order valence-corrected chi connectivity index (χ4v) is 2.10. The van der Waals surface area contributed by atoms with Crippen molar-refractivity contribution in [2.24, 2.45) is 0 Å². The minimum atomic E-state index is -0.224. The lowest BCUT2D eigenvalue weighted by molar-refractivity contribution is 0.265. The first kappa shape index (κ1) is 14.8. The molecule has 0 aromatic heterocycles. The Bertz CT molecular complexity index is 544. The third-order valence-electron chi connectivity index (χ3n) is 2.96. The minimum absolute atomic E-state index is 0.183. The van der Waals surface area contributed by atoms with E-state index in [2.05, 4.69) is 5.32 Å². The van der Waals surface area contributed by atoms with Crippen LogP contribution in [0.25, 0.3) is 0 Å². The third kappa shape index (κ3) is 3.95. The van der Waals surface area contributed by atoms with Crippen molar-refractivity contribution < 1.29 is 9.13 Å². The Labute approximate surface area is 123 Å². The summed E-state index contributed by atoms with van der Waals surface area (Å²) < 4.78 is 19.5. The smallest absolute Gasteiger partial charge is 0.128 e. The molecule has 0 aliphatic heterocycles. The molecule has 2 aromatic rings. The molecule has 0 fully saturated rings. The molecule has 0 aliphatic carbocycles. The van der Waals surface area contributed by atoms with Crippen LogP contribution in [-0.4, -0.2) is 13.2 Å². The van der Waals surface area contributed by atoms with Crippen molar-refractivity contribution in [2.45, 2.75) is 13.0 Å². The van der Waals surface area contributed by atoms with Crippen molar-refractivity contribution in [3.63, 3.8) is 0 Å². The van der Waals surface area contributed by atoms with Crippen LogP contribution in [0.2, 0.25) is 5.02 Å². The van der Waals surface area contributed by atoms with Crippen molar-refractivity contribution in [1.82, 2.24) is 5.32 Å². The van der Waals surface area contributed by atoms with Gasteiger partial charge in [0.25, 0.3) is 0 Å². The van der Waals surface area contributed by atoms with Gasteiger partial charge in [-0.05, 0) is 36.9 Å². The molecule has 0 aliphatic rings. The van der Waals surface area contributed by atoms with E-state index in [4.69, 9.17) is 16.3 Å². The molecule has 2 aromatic carbocycles. The molecule has 2 rings (SSSR count). The van der Waals surface area contributed by atoms with Gasteiger partial charge in [-0.25, -0.2) is 4.39 Å². The van der Waals surface area contributed by atoms with Crippen LogP contribution in [0.1, 0.15) is 18.5 Å². The molecule has 1 N–H and O–H groups in total. The Morgan fingerprint density at radius 2 is 1.85 bits per heavy atom. The number of ether oxygens (including phenoxy) is 1. The predicted octanol–water partition coefficient (Wildman–Crippen LogP) is 4.21. The lowest BCUT2D eigenvalue weighted by atomic mass is 10.1. The van der Waals surface area contributed by atoms with Crippen LogP contribution in [-0.2, 0) is 0 Å². The van der Waals surface area contributed by atoms with Gasteiger partial charge in [0.2, 0.25) is 0 Å². The number of benzene rings is 2. The molecule has 1 unspecified atom stereocenters. The van der Waals surface area contributed by atoms with E-state index in [1.165, 1.54) is 6.07 Å². The standard InChI is InChI=1S/C16H17ClFNO/c1-2-19-16(14-5-3-4-6-15(14)18)11-20-13-9-7-12(17)8-10-13/h3-10,16,19H,2,11H2,1H3. The van der Waals surface area contributed by atoms with Gasteiger partial charge in [0.15, 0.2) is 0 Å². The molecular formula is C16H17ClFNO. The molecule has 0 radical (unpaired) electrons. The Kier molecular flexibility index (Phi) is 5.39. The maximum absolute atomic E-state index is 13.8. The Hall–Kier alpha value is -1.58. The molecule has 0 amide bonds. The van der Waals surface area contributed by atoms with Crippen molar-refractivity contribution >= 4 is 11.6 Å². The van der Waals surface area contributed by atoms with Gasteiger partial charge >= 0.3 is 0 Å². The fraction of sp³-hybridized carbons (Fsp3) is 0.250. The fourth-order valence-electron chi connectivity index (χ4n) is 1.97. The zero-order chi connectivity index (χ0) is 14.4. The Balaban J connectivity index is 2.06. The summed E-state index contributed by atoms with van der Waals surface area (Å²) in [5.74, 6) is 0.492. The summed E-state index contributed by atoms with van der Waals surface area (Å²) in [5.41, 5.74) is 0.614. The van der Waals surface area contributed by atoms with Gasteiger partial charge in [0, 0.05) is 10.6 Å². The second-order valence-electron chi connectivity index (χ2n) is 4.40. The molecule has 0 saturated carbocycles. The second-order valence-corrected chi connectivity index (χ2v) is 4.83. The highest BCUT2D eigenvalue weighted by atomic mass is 35.5. The molecule has 2 nitrogen and oxygen atoms in total. The van der Waals surface area contributed by atoms with Crippen LogP contribution in [0.15, 0.2) is 48.5 Å². The van der Waals surface area contributed by atoms with E-state index in [0.717, 1.165) is 6.54 Å². The highest BCUT2D eigenvalue weighted by molar-refractivity contribution is 6.30. The van der Waals surface area contributed by atoms with Crippen molar-refractivity contribution in [3.05, 3.63) is 64.9 Å². The zero-order valence-electron chi connectivity index (χ0n) is 11.3. The summed E-state index contributed by atoms with van der Waals surface area (Å²) >= 11 is 5.82. The van der Waals surface area contributed by atoms with Gasteiger partial charge in [0.1, 0.15) is 18.2 Å². The molecular weight excluding hydrogens is 277 g/mol. The third-order valence-corrected chi connectivity index (χ3v) is 3.21. The second kappa shape index (κ2) is 7.27. The highest BCUT2D eigenvalue weighted by Gasteiger charge is 2.15. The van der Waals surface area contributed by atoms with Gasteiger partial charge in [-0.1, -0.05) is 36.7 Å². The van der Waals surface area contributed by atoms with Crippen LogP contribution in [0.5, 0.6) is 5.75 Å². The normalized spacial score (nSPS) is 12.2. The predicted molar refractivity (Wildman–Crippen MR) is 79.8 cm³/mol. The monoisotopic (exact) mass is 293 g/mol. The molecule has 0 heterocycles. The van der Waals surface area contributed by atoms with Crippen molar-refractivity contribution in [1.29, 1.82) is 0 Å². The molecule has 1 atom stereocenters. The first-order valence-electron chi connectivity index (χ1n) is 6.57. The average molecular weight is 294 g/mol. The number of hydrogen-bond donors (Lipinski definition) is 1. The topological polar surface area (TPSA) is 21.3 Å². The highest BCUT2D eigenvalue weighted by Crippen LogP contribution is 2.20. The molecule has 4 heteroatoms. The summed E-state index contributed by atoms with van der Waals surface area (Å²) in [6, 6.07) is 13.7. The van der Waals surface area contributed by atoms with Crippen LogP contribution in [0, 0.1) is 5.82 Å². The van der Waals surface area contributed by atoms with Crippen LogP contribution in [0.3, 0.4) is 0 Å². The van der Waals surface area contributed by atoms with Gasteiger partial charge < -0.3 is 10.1 Å². The van der Waals surface area contributed by atoms with E-state index in [1.54, 1.807) is 36.4 Å². The van der Waals surface area contributed by atoms with Gasteiger partial charge in [0.05, 0.1) is 6.04 Å². The summed E-state index contributed by atoms with van der Waals surface area (Å²) in [7, 11) is 0. The van der Waals surface area contributed by atoms with E-state index >= 15 is 0 Å². The summed E-state index contributed by atoms with van der Waals surface area (Å²) in [6.07, 6.45) is 0. The summed E-state index contributed by atoms with van der Waals surface area (Å²) in [6.45, 7) is 3.08. The maximum Gasteiger partial charge on any atom is 0.128 e. The number of rotatable bonds is 6. The van der Waals surface area contributed by atoms with E-state index in [1.807, 2.05) is 13.0 Å². The molecule has 0 saturated heterocycles. The van der Waals surface area contributed by atoms with Gasteiger partial charge in [-0.15, -0.1) is 0 Å². The number of hydrogen-bond acceptors (Lipinski definition) is 2. The van der Waals surface area contributed by atoms with E-state index in [0.29, 0.717) is 22.9 Å². The Morgan fingerprint density at radius 3 is 2.50 bits per heavy atom. The lowest BCUT2D eigenvalue weighted by Gasteiger charge is -2.19. The number of nitrogens with one attached hydrogen (secondary N) is 1. The average Bonchev–Trinajstić information content (AvgIpc) is 2.46. The van der Waals surface area contributed by atoms with E-state index in [9.17, 15) is 4.39 Å². The summed E-state index contributed by atoms with van der Waals surface area (Å²) in [5, 5.41) is 3.89. The first-order valence-corrected chi connectivity index (χ1v) is 6.94. The van der Waals surface area contributed by atoms with Crippen LogP contribution in [0.4, 0.5) is 4.39 Å². The van der Waals surface area contributed by atoms with Crippen molar-refractivity contribution in [3.8, 4) is 5.75 Å². The maximum atomic E-state index is 13.8. The lowest BCUT2D eigenvalue weighted by Crippen LogP contribution is -2.27. The first-order chi connectivity index (χ1) is 9.70. The zero-order valence-corrected chi connectivity index (χ0v) is 12.0. The van der Waals surface area contributed by atoms with Gasteiger partial charge in [-0.2, -0.15) is 0 Å². The van der Waals surface area contributed by atoms with Crippen molar-refractivity contribution in [2.75, 3.05) is 13.2 Å². The number of halogens is 2. The van der Waals surface area contributed by atoms with Gasteiger partial charge in [-0.3, -0.25) is 0 Å². The quantitative estimate of drug-likeness (QED) is 0.861. The van der Waals surface area contributed by atoms with E-state index < -0.39 is 0 Å². The van der Waals surface area contributed by atoms with Crippen LogP contribution >= 0.6 is 11.6 Å². The van der Waals surface area contributed by atoms with Crippen LogP contribution < -0.4 is 10.1 Å². The molecule has 20 heavy (non-hydrogen) atoms. The molecule has 0 bridgehead atoms. The number of likely N-dealkylation sites (N-methyl/N-ethyl adjacent to an activating group) is 1. The largest absolute Gasteiger partial charge is 0.492 e. The van der Waals surface area contributed by atoms with E-state index in [-0.39, 0.29) is 11.9 Å². The Morgan fingerprint density at radius 1 is 1.15 bits per heavy atom.